The molecule has 0 aliphatic carbocycles. The zero-order valence-corrected chi connectivity index (χ0v) is 16.3. The smallest absolute Gasteiger partial charge is 0.0406 e. The van der Waals surface area contributed by atoms with E-state index in [1.54, 1.807) is 0 Å². The topological polar surface area (TPSA) is 3.24 Å². The molecule has 2 rings (SSSR count). The average Bonchev–Trinajstić information content (AvgIpc) is 2.84. The summed E-state index contributed by atoms with van der Waals surface area (Å²) in [6, 6.07) is 8.76. The van der Waals surface area contributed by atoms with Gasteiger partial charge in [-0.2, -0.15) is 0 Å². The Hall–Kier alpha value is 0.574. The van der Waals surface area contributed by atoms with Crippen LogP contribution in [0.1, 0.15) is 74.3 Å². The van der Waals surface area contributed by atoms with E-state index in [0.717, 1.165) is 11.1 Å². The number of hydrogen-bond acceptors (Lipinski definition) is 1. The van der Waals surface area contributed by atoms with Crippen molar-refractivity contribution in [1.82, 2.24) is 4.90 Å². The van der Waals surface area contributed by atoms with Crippen LogP contribution in [0.25, 0.3) is 0 Å². The van der Waals surface area contributed by atoms with Crippen molar-refractivity contribution in [3.8, 4) is 0 Å². The molecule has 0 atom stereocenters. The van der Waals surface area contributed by atoms with Crippen molar-refractivity contribution in [3.63, 3.8) is 0 Å². The van der Waals surface area contributed by atoms with Gasteiger partial charge in [-0.05, 0) is 63.4 Å². The minimum absolute atomic E-state index is 0. The molecule has 1 heterocycles. The molecule has 1 aromatic carbocycles. The van der Waals surface area contributed by atoms with Crippen LogP contribution >= 0.6 is 11.6 Å². The first-order valence-electron chi connectivity index (χ1n) is 7.00. The van der Waals surface area contributed by atoms with Gasteiger partial charge in [0.25, 0.3) is 0 Å². The van der Waals surface area contributed by atoms with Gasteiger partial charge in [-0.1, -0.05) is 59.9 Å². The van der Waals surface area contributed by atoms with E-state index in [0.29, 0.717) is 5.92 Å². The Morgan fingerprint density at radius 1 is 0.864 bits per heavy atom. The molecule has 1 saturated heterocycles. The van der Waals surface area contributed by atoms with E-state index in [4.69, 9.17) is 11.6 Å². The molecule has 1 fully saturated rings. The third kappa shape index (κ3) is 12.1. The van der Waals surface area contributed by atoms with Crippen LogP contribution in [0.3, 0.4) is 0 Å². The Labute approximate surface area is 171 Å². The number of likely N-dealkylation sites (tertiary alicyclic amines) is 1. The van der Waals surface area contributed by atoms with Crippen LogP contribution in [0.15, 0.2) is 24.3 Å². The maximum atomic E-state index is 5.72. The van der Waals surface area contributed by atoms with Gasteiger partial charge in [-0.15, -0.1) is 0 Å². The summed E-state index contributed by atoms with van der Waals surface area (Å²) in [7, 11) is 0. The molecule has 1 radical (unpaired) electrons. The van der Waals surface area contributed by atoms with Crippen LogP contribution in [0.5, 0.6) is 0 Å². The minimum Gasteiger partial charge on any atom is -0.301 e. The summed E-state index contributed by atoms with van der Waals surface area (Å²) in [6.07, 6.45) is 2.83. The normalized spacial score (nSPS) is 13.0. The second-order valence-corrected chi connectivity index (χ2v) is 5.98. The van der Waals surface area contributed by atoms with Gasteiger partial charge in [0.15, 0.2) is 0 Å². The summed E-state index contributed by atoms with van der Waals surface area (Å²) < 4.78 is 0. The van der Waals surface area contributed by atoms with E-state index in [1.807, 2.05) is 12.1 Å². The van der Waals surface area contributed by atoms with Crippen molar-refractivity contribution in [2.45, 2.75) is 74.8 Å². The second kappa shape index (κ2) is 16.4. The number of rotatable bonds is 2. The van der Waals surface area contributed by atoms with Gasteiger partial charge >= 0.3 is 0 Å². The molecular formula is C19H38ClNY. The summed E-state index contributed by atoms with van der Waals surface area (Å²) in [5, 5.41) is 0.810. The molecule has 1 aliphatic rings. The second-order valence-electron chi connectivity index (χ2n) is 5.54. The standard InChI is InChI=1S/C9H11Cl.C7H15N.3CH4.Y/c1-7(2)8-3-5-9(10)6-4-8;1-7(2)8-5-3-4-6-8;;;;/h3-7H,1-2H3;7H,3-6H2,1-2H3;3*1H4;. The fourth-order valence-electron chi connectivity index (χ4n) is 2.11. The van der Waals surface area contributed by atoms with Crippen LogP contribution in [-0.2, 0) is 32.7 Å². The predicted octanol–water partition coefficient (Wildman–Crippen LogP) is 6.86. The fourth-order valence-corrected chi connectivity index (χ4v) is 2.23. The number of hydrogen-bond donors (Lipinski definition) is 0. The first kappa shape index (κ1) is 30.5. The minimum atomic E-state index is 0. The molecule has 1 aliphatic heterocycles. The van der Waals surface area contributed by atoms with Crippen LogP contribution in [0.4, 0.5) is 0 Å². The molecule has 0 spiro atoms. The summed E-state index contributed by atoms with van der Waals surface area (Å²) in [4.78, 5) is 2.53. The van der Waals surface area contributed by atoms with Crippen molar-refractivity contribution in [2.75, 3.05) is 13.1 Å². The van der Waals surface area contributed by atoms with Gasteiger partial charge in [0.05, 0.1) is 0 Å². The van der Waals surface area contributed by atoms with E-state index in [2.05, 4.69) is 44.7 Å². The van der Waals surface area contributed by atoms with E-state index < -0.39 is 0 Å². The SMILES string of the molecule is C.C.C.CC(C)N1CCCC1.CC(C)c1ccc(Cl)cc1.[Y]. The maximum absolute atomic E-state index is 5.72. The molecule has 1 nitrogen and oxygen atoms in total. The summed E-state index contributed by atoms with van der Waals surface area (Å²) in [6.45, 7) is 11.5. The van der Waals surface area contributed by atoms with E-state index in [1.165, 1.54) is 31.5 Å². The summed E-state index contributed by atoms with van der Waals surface area (Å²) in [5.74, 6) is 0.595. The maximum Gasteiger partial charge on any atom is 0.0406 e. The molecule has 0 amide bonds. The quantitative estimate of drug-likeness (QED) is 0.520. The van der Waals surface area contributed by atoms with Crippen LogP contribution in [0.2, 0.25) is 5.02 Å². The number of halogens is 1. The molecular weight excluding hydrogens is 367 g/mol. The van der Waals surface area contributed by atoms with E-state index in [-0.39, 0.29) is 55.0 Å². The number of benzene rings is 1. The van der Waals surface area contributed by atoms with Crippen LogP contribution in [0, 0.1) is 0 Å². The third-order valence-electron chi connectivity index (χ3n) is 3.41. The largest absolute Gasteiger partial charge is 0.301 e. The molecule has 0 aromatic heterocycles. The van der Waals surface area contributed by atoms with Crippen molar-refractivity contribution < 1.29 is 32.7 Å². The van der Waals surface area contributed by atoms with Gasteiger partial charge in [-0.25, -0.2) is 0 Å². The first-order valence-corrected chi connectivity index (χ1v) is 7.38. The monoisotopic (exact) mass is 404 g/mol. The van der Waals surface area contributed by atoms with Gasteiger partial charge in [0.2, 0.25) is 0 Å². The predicted molar refractivity (Wildman–Crippen MR) is 102 cm³/mol. The molecule has 1 aromatic rings. The Morgan fingerprint density at radius 2 is 1.27 bits per heavy atom. The number of nitrogens with zero attached hydrogens (tertiary/aromatic N) is 1. The first-order chi connectivity index (χ1) is 8.50. The molecule has 0 unspecified atom stereocenters. The fraction of sp³-hybridized carbons (Fsp3) is 0.684. The van der Waals surface area contributed by atoms with Crippen molar-refractivity contribution >= 4 is 11.6 Å². The molecule has 3 heteroatoms. The van der Waals surface area contributed by atoms with Crippen LogP contribution in [-0.4, -0.2) is 24.0 Å². The van der Waals surface area contributed by atoms with Gasteiger partial charge in [-0.3, -0.25) is 0 Å². The van der Waals surface area contributed by atoms with Crippen molar-refractivity contribution in [1.29, 1.82) is 0 Å². The average molecular weight is 405 g/mol. The Bertz CT molecular complexity index is 330. The van der Waals surface area contributed by atoms with Gasteiger partial charge in [0, 0.05) is 43.8 Å². The molecule has 0 saturated carbocycles. The van der Waals surface area contributed by atoms with Gasteiger partial charge < -0.3 is 4.90 Å². The van der Waals surface area contributed by atoms with Gasteiger partial charge in [0.1, 0.15) is 0 Å². The zero-order chi connectivity index (χ0) is 13.5. The van der Waals surface area contributed by atoms with Crippen molar-refractivity contribution in [3.05, 3.63) is 34.9 Å². The zero-order valence-electron chi connectivity index (χ0n) is 12.7. The van der Waals surface area contributed by atoms with Crippen LogP contribution < -0.4 is 0 Å². The van der Waals surface area contributed by atoms with Crippen molar-refractivity contribution in [2.24, 2.45) is 0 Å². The summed E-state index contributed by atoms with van der Waals surface area (Å²) in [5.41, 5.74) is 1.34. The Morgan fingerprint density at radius 3 is 1.55 bits per heavy atom. The Balaban J connectivity index is -0.000000126. The molecule has 0 N–H and O–H groups in total. The van der Waals surface area contributed by atoms with E-state index in [9.17, 15) is 0 Å². The summed E-state index contributed by atoms with van der Waals surface area (Å²) >= 11 is 5.72. The third-order valence-corrected chi connectivity index (χ3v) is 3.66. The molecule has 129 valence electrons. The van der Waals surface area contributed by atoms with E-state index >= 15 is 0 Å². The Kier molecular flexibility index (Phi) is 22.7. The molecule has 22 heavy (non-hydrogen) atoms. The molecule has 0 bridgehead atoms.